The number of amides is 1. The Morgan fingerprint density at radius 2 is 1.74 bits per heavy atom. The molecule has 2 aliphatic heterocycles. The van der Waals surface area contributed by atoms with Crippen molar-refractivity contribution in [3.05, 3.63) is 59.9 Å². The topological polar surface area (TPSA) is 84.7 Å². The van der Waals surface area contributed by atoms with Crippen molar-refractivity contribution in [2.45, 2.75) is 36.5 Å². The minimum atomic E-state index is -3.58. The molecule has 186 valence electrons. The van der Waals surface area contributed by atoms with Crippen LogP contribution in [-0.4, -0.2) is 72.5 Å². The second kappa shape index (κ2) is 10.1. The number of aromatic nitrogens is 2. The average molecular weight is 497 g/mol. The molecule has 0 atom stereocenters. The normalized spacial score (nSPS) is 18.3. The third-order valence-electron chi connectivity index (χ3n) is 7.23. The quantitative estimate of drug-likeness (QED) is 0.524. The molecule has 0 spiro atoms. The van der Waals surface area contributed by atoms with Crippen molar-refractivity contribution in [1.29, 1.82) is 0 Å². The van der Waals surface area contributed by atoms with Crippen LogP contribution in [0.15, 0.2) is 53.4 Å². The first kappa shape index (κ1) is 24.0. The van der Waals surface area contributed by atoms with Crippen LogP contribution in [0.5, 0.6) is 0 Å². The molecule has 2 aromatic carbocycles. The van der Waals surface area contributed by atoms with E-state index in [1.54, 1.807) is 18.2 Å². The highest BCUT2D eigenvalue weighted by Crippen LogP contribution is 2.28. The minimum Gasteiger partial charge on any atom is -0.379 e. The molecule has 5 rings (SSSR count). The van der Waals surface area contributed by atoms with Crippen LogP contribution in [0.4, 0.5) is 0 Å². The van der Waals surface area contributed by atoms with Gasteiger partial charge in [-0.1, -0.05) is 30.3 Å². The number of piperidine rings is 1. The Morgan fingerprint density at radius 3 is 2.46 bits per heavy atom. The number of carbonyl (C=O) groups is 1. The van der Waals surface area contributed by atoms with E-state index in [9.17, 15) is 13.2 Å². The van der Waals surface area contributed by atoms with Gasteiger partial charge in [0.25, 0.3) is 0 Å². The molecule has 0 N–H and O–H groups in total. The summed E-state index contributed by atoms with van der Waals surface area (Å²) in [5.74, 6) is 1.45. The van der Waals surface area contributed by atoms with Crippen molar-refractivity contribution in [2.75, 3.05) is 39.4 Å². The molecular weight excluding hydrogens is 464 g/mol. The van der Waals surface area contributed by atoms with Crippen molar-refractivity contribution in [1.82, 2.24) is 18.8 Å². The number of morpholine rings is 1. The molecule has 0 aliphatic carbocycles. The second-order valence-corrected chi connectivity index (χ2v) is 11.3. The smallest absolute Gasteiger partial charge is 0.243 e. The number of aryl methyl sites for hydroxylation is 2. The van der Waals surface area contributed by atoms with Crippen molar-refractivity contribution in [3.8, 4) is 0 Å². The SMILES string of the molecule is Cn1c(CCC(=O)N2CCC(c3ccccc3)CC2)nc2cc(S(=O)(=O)N3CCOCC3)ccc21. The fourth-order valence-electron chi connectivity index (χ4n) is 5.11. The Kier molecular flexibility index (Phi) is 6.91. The number of likely N-dealkylation sites (tertiary alicyclic amines) is 1. The Morgan fingerprint density at radius 1 is 1.03 bits per heavy atom. The molecule has 1 amide bonds. The first-order valence-corrected chi connectivity index (χ1v) is 13.7. The van der Waals surface area contributed by atoms with Gasteiger partial charge >= 0.3 is 0 Å². The molecule has 2 aliphatic rings. The lowest BCUT2D eigenvalue weighted by molar-refractivity contribution is -0.132. The third kappa shape index (κ3) is 4.98. The maximum absolute atomic E-state index is 13.0. The zero-order valence-corrected chi connectivity index (χ0v) is 20.9. The lowest BCUT2D eigenvalue weighted by Crippen LogP contribution is -2.40. The largest absolute Gasteiger partial charge is 0.379 e. The predicted octanol–water partition coefficient (Wildman–Crippen LogP) is 2.93. The lowest BCUT2D eigenvalue weighted by Gasteiger charge is -2.32. The first-order chi connectivity index (χ1) is 16.9. The summed E-state index contributed by atoms with van der Waals surface area (Å²) in [6.07, 6.45) is 2.89. The van der Waals surface area contributed by atoms with Gasteiger partial charge in [-0.2, -0.15) is 4.31 Å². The van der Waals surface area contributed by atoms with Crippen LogP contribution in [-0.2, 0) is 33.0 Å². The number of hydrogen-bond donors (Lipinski definition) is 0. The predicted molar refractivity (Wildman–Crippen MR) is 134 cm³/mol. The van der Waals surface area contributed by atoms with Crippen LogP contribution < -0.4 is 0 Å². The fourth-order valence-corrected chi connectivity index (χ4v) is 6.54. The van der Waals surface area contributed by atoms with E-state index in [0.717, 1.165) is 37.3 Å². The van der Waals surface area contributed by atoms with Gasteiger partial charge in [-0.25, -0.2) is 13.4 Å². The third-order valence-corrected chi connectivity index (χ3v) is 9.13. The van der Waals surface area contributed by atoms with E-state index < -0.39 is 10.0 Å². The number of fused-ring (bicyclic) bond motifs is 1. The molecule has 0 unspecified atom stereocenters. The molecule has 2 saturated heterocycles. The van der Waals surface area contributed by atoms with E-state index in [2.05, 4.69) is 29.2 Å². The highest BCUT2D eigenvalue weighted by Gasteiger charge is 2.27. The molecule has 1 aromatic heterocycles. The van der Waals surface area contributed by atoms with E-state index in [1.165, 1.54) is 9.87 Å². The van der Waals surface area contributed by atoms with Crippen LogP contribution in [0.25, 0.3) is 11.0 Å². The van der Waals surface area contributed by atoms with Crippen LogP contribution in [0, 0.1) is 0 Å². The standard InChI is InChI=1S/C26H32N4O4S/c1-28-24-8-7-22(35(32,33)30-15-17-34-18-16-30)19-23(24)27-25(28)9-10-26(31)29-13-11-21(12-14-29)20-5-3-2-4-6-20/h2-8,19,21H,9-18H2,1H3. The number of hydrogen-bond acceptors (Lipinski definition) is 5. The zero-order chi connectivity index (χ0) is 24.4. The molecule has 0 bridgehead atoms. The summed E-state index contributed by atoms with van der Waals surface area (Å²) >= 11 is 0. The number of carbonyl (C=O) groups excluding carboxylic acids is 1. The molecular formula is C26H32N4O4S. The lowest BCUT2D eigenvalue weighted by atomic mass is 9.89. The second-order valence-electron chi connectivity index (χ2n) is 9.32. The van der Waals surface area contributed by atoms with Gasteiger partial charge in [0, 0.05) is 46.1 Å². The summed E-state index contributed by atoms with van der Waals surface area (Å²) in [6.45, 7) is 3.10. The highest BCUT2D eigenvalue weighted by atomic mass is 32.2. The molecule has 3 aromatic rings. The average Bonchev–Trinajstić information content (AvgIpc) is 3.23. The Labute approximate surface area is 206 Å². The maximum atomic E-state index is 13.0. The van der Waals surface area contributed by atoms with Gasteiger partial charge in [-0.15, -0.1) is 0 Å². The maximum Gasteiger partial charge on any atom is 0.243 e. The molecule has 9 heteroatoms. The minimum absolute atomic E-state index is 0.152. The molecule has 2 fully saturated rings. The van der Waals surface area contributed by atoms with Gasteiger partial charge in [-0.05, 0) is 42.5 Å². The molecule has 0 saturated carbocycles. The van der Waals surface area contributed by atoms with Crippen LogP contribution in [0.1, 0.15) is 36.6 Å². The van der Waals surface area contributed by atoms with Gasteiger partial charge in [0.05, 0.1) is 29.1 Å². The summed E-state index contributed by atoms with van der Waals surface area (Å²) in [7, 11) is -1.67. The van der Waals surface area contributed by atoms with Crippen LogP contribution >= 0.6 is 0 Å². The van der Waals surface area contributed by atoms with Crippen LogP contribution in [0.2, 0.25) is 0 Å². The van der Waals surface area contributed by atoms with Gasteiger partial charge in [-0.3, -0.25) is 4.79 Å². The Hall–Kier alpha value is -2.75. The van der Waals surface area contributed by atoms with E-state index in [-0.39, 0.29) is 10.8 Å². The number of nitrogens with zero attached hydrogens (tertiary/aromatic N) is 4. The molecule has 8 nitrogen and oxygen atoms in total. The van der Waals surface area contributed by atoms with Gasteiger partial charge in [0.1, 0.15) is 5.82 Å². The van der Waals surface area contributed by atoms with E-state index in [1.807, 2.05) is 22.6 Å². The number of ether oxygens (including phenoxy) is 1. The van der Waals surface area contributed by atoms with Crippen molar-refractivity contribution in [2.24, 2.45) is 7.05 Å². The van der Waals surface area contributed by atoms with E-state index >= 15 is 0 Å². The van der Waals surface area contributed by atoms with E-state index in [0.29, 0.717) is 50.6 Å². The first-order valence-electron chi connectivity index (χ1n) is 12.3. The molecule has 3 heterocycles. The summed E-state index contributed by atoms with van der Waals surface area (Å²) in [6, 6.07) is 15.6. The Bertz CT molecular complexity index is 1290. The van der Waals surface area contributed by atoms with Gasteiger partial charge in [0.2, 0.25) is 15.9 Å². The Balaban J connectivity index is 1.23. The van der Waals surface area contributed by atoms with E-state index in [4.69, 9.17) is 4.74 Å². The van der Waals surface area contributed by atoms with Crippen molar-refractivity contribution in [3.63, 3.8) is 0 Å². The summed E-state index contributed by atoms with van der Waals surface area (Å²) < 4.78 is 34.7. The van der Waals surface area contributed by atoms with Crippen LogP contribution in [0.3, 0.4) is 0 Å². The summed E-state index contributed by atoms with van der Waals surface area (Å²) in [4.78, 5) is 19.8. The summed E-state index contributed by atoms with van der Waals surface area (Å²) in [5, 5.41) is 0. The molecule has 0 radical (unpaired) electrons. The number of benzene rings is 2. The van der Waals surface area contributed by atoms with Gasteiger partial charge < -0.3 is 14.2 Å². The molecule has 35 heavy (non-hydrogen) atoms. The number of rotatable bonds is 6. The zero-order valence-electron chi connectivity index (χ0n) is 20.1. The van der Waals surface area contributed by atoms with Crippen molar-refractivity contribution < 1.29 is 17.9 Å². The summed E-state index contributed by atoms with van der Waals surface area (Å²) in [5.41, 5.74) is 2.85. The van der Waals surface area contributed by atoms with Gasteiger partial charge in [0.15, 0.2) is 0 Å². The monoisotopic (exact) mass is 496 g/mol. The van der Waals surface area contributed by atoms with Crippen molar-refractivity contribution >= 4 is 27.0 Å². The number of imidazole rings is 1. The highest BCUT2D eigenvalue weighted by molar-refractivity contribution is 7.89. The number of sulfonamides is 1. The fraction of sp³-hybridized carbons (Fsp3) is 0.462.